The van der Waals surface area contributed by atoms with Crippen molar-refractivity contribution in [2.45, 2.75) is 39.5 Å². The molecule has 0 nitrogen and oxygen atoms in total. The van der Waals surface area contributed by atoms with E-state index in [0.29, 0.717) is 0 Å². The van der Waals surface area contributed by atoms with Crippen molar-refractivity contribution in [3.8, 4) is 0 Å². The van der Waals surface area contributed by atoms with Crippen LogP contribution in [0.2, 0.25) is 0 Å². The SMILES string of the molecule is CC(C)CC[C@@H]1CC[C@@H]1CI. The highest BCUT2D eigenvalue weighted by atomic mass is 127. The first-order chi connectivity index (χ1) is 5.24. The van der Waals surface area contributed by atoms with Gasteiger partial charge in [-0.3, -0.25) is 0 Å². The summed E-state index contributed by atoms with van der Waals surface area (Å²) in [5.74, 6) is 3.08. The molecule has 0 aromatic rings. The van der Waals surface area contributed by atoms with Crippen LogP contribution in [0, 0.1) is 17.8 Å². The van der Waals surface area contributed by atoms with Gasteiger partial charge in [0, 0.05) is 4.43 Å². The van der Waals surface area contributed by atoms with E-state index in [2.05, 4.69) is 36.4 Å². The summed E-state index contributed by atoms with van der Waals surface area (Å²) in [7, 11) is 0. The minimum Gasteiger partial charge on any atom is -0.0861 e. The van der Waals surface area contributed by atoms with E-state index in [0.717, 1.165) is 17.8 Å². The Balaban J connectivity index is 2.07. The van der Waals surface area contributed by atoms with Crippen LogP contribution in [-0.4, -0.2) is 4.43 Å². The Morgan fingerprint density at radius 2 is 1.91 bits per heavy atom. The Bertz CT molecular complexity index is 107. The van der Waals surface area contributed by atoms with Gasteiger partial charge in [0.1, 0.15) is 0 Å². The molecule has 66 valence electrons. The third-order valence-corrected chi connectivity index (χ3v) is 4.02. The second kappa shape index (κ2) is 4.68. The Morgan fingerprint density at radius 1 is 1.27 bits per heavy atom. The van der Waals surface area contributed by atoms with Crippen molar-refractivity contribution in [2.24, 2.45) is 17.8 Å². The first kappa shape index (κ1) is 9.82. The van der Waals surface area contributed by atoms with E-state index >= 15 is 0 Å². The molecule has 1 rings (SSSR count). The molecule has 0 spiro atoms. The van der Waals surface area contributed by atoms with Gasteiger partial charge in [-0.15, -0.1) is 0 Å². The minimum atomic E-state index is 0.908. The van der Waals surface area contributed by atoms with Crippen molar-refractivity contribution in [2.75, 3.05) is 4.43 Å². The largest absolute Gasteiger partial charge is 0.0861 e. The lowest BCUT2D eigenvalue weighted by Gasteiger charge is -2.36. The molecule has 0 radical (unpaired) electrons. The summed E-state index contributed by atoms with van der Waals surface area (Å²) in [4.78, 5) is 0. The summed E-state index contributed by atoms with van der Waals surface area (Å²) in [6.07, 6.45) is 5.95. The first-order valence-electron chi connectivity index (χ1n) is 4.80. The molecule has 1 aliphatic carbocycles. The van der Waals surface area contributed by atoms with Gasteiger partial charge in [0.25, 0.3) is 0 Å². The average Bonchev–Trinajstić information content (AvgIpc) is 1.86. The molecular weight excluding hydrogens is 247 g/mol. The van der Waals surface area contributed by atoms with Crippen LogP contribution in [0.1, 0.15) is 39.5 Å². The highest BCUT2D eigenvalue weighted by Crippen LogP contribution is 2.39. The van der Waals surface area contributed by atoms with Gasteiger partial charge >= 0.3 is 0 Å². The average molecular weight is 266 g/mol. The van der Waals surface area contributed by atoms with Crippen LogP contribution in [0.4, 0.5) is 0 Å². The second-order valence-corrected chi connectivity index (χ2v) is 5.10. The van der Waals surface area contributed by atoms with E-state index in [9.17, 15) is 0 Å². The number of alkyl halides is 1. The van der Waals surface area contributed by atoms with E-state index in [1.54, 1.807) is 0 Å². The molecule has 0 unspecified atom stereocenters. The van der Waals surface area contributed by atoms with Crippen molar-refractivity contribution in [1.82, 2.24) is 0 Å². The van der Waals surface area contributed by atoms with Gasteiger partial charge in [-0.25, -0.2) is 0 Å². The maximum atomic E-state index is 2.54. The van der Waals surface area contributed by atoms with Crippen molar-refractivity contribution >= 4 is 22.6 Å². The van der Waals surface area contributed by atoms with Crippen LogP contribution in [0.15, 0.2) is 0 Å². The van der Waals surface area contributed by atoms with Crippen LogP contribution in [-0.2, 0) is 0 Å². The Morgan fingerprint density at radius 3 is 2.27 bits per heavy atom. The van der Waals surface area contributed by atoms with E-state index in [-0.39, 0.29) is 0 Å². The summed E-state index contributed by atoms with van der Waals surface area (Å²) in [5, 5.41) is 0. The summed E-state index contributed by atoms with van der Waals surface area (Å²) in [5.41, 5.74) is 0. The summed E-state index contributed by atoms with van der Waals surface area (Å²) >= 11 is 2.54. The molecule has 0 heterocycles. The Hall–Kier alpha value is 0.730. The van der Waals surface area contributed by atoms with Gasteiger partial charge in [0.2, 0.25) is 0 Å². The van der Waals surface area contributed by atoms with Gasteiger partial charge in [-0.1, -0.05) is 42.9 Å². The zero-order chi connectivity index (χ0) is 8.27. The van der Waals surface area contributed by atoms with Gasteiger partial charge in [-0.2, -0.15) is 0 Å². The molecule has 0 bridgehead atoms. The van der Waals surface area contributed by atoms with Crippen molar-refractivity contribution < 1.29 is 0 Å². The van der Waals surface area contributed by atoms with Gasteiger partial charge < -0.3 is 0 Å². The van der Waals surface area contributed by atoms with Gasteiger partial charge in [-0.05, 0) is 37.0 Å². The monoisotopic (exact) mass is 266 g/mol. The molecule has 2 atom stereocenters. The van der Waals surface area contributed by atoms with Crippen LogP contribution < -0.4 is 0 Å². The fraction of sp³-hybridized carbons (Fsp3) is 1.00. The molecule has 11 heavy (non-hydrogen) atoms. The number of halogens is 1. The maximum Gasteiger partial charge on any atom is 0.00263 e. The molecular formula is C10H19I. The highest BCUT2D eigenvalue weighted by Gasteiger charge is 2.28. The predicted octanol–water partition coefficient (Wildman–Crippen LogP) is 3.88. The van der Waals surface area contributed by atoms with Crippen molar-refractivity contribution in [3.63, 3.8) is 0 Å². The summed E-state index contributed by atoms with van der Waals surface area (Å²) in [6, 6.07) is 0. The molecule has 0 saturated heterocycles. The van der Waals surface area contributed by atoms with Crippen LogP contribution in [0.5, 0.6) is 0 Å². The quantitative estimate of drug-likeness (QED) is 0.535. The summed E-state index contributed by atoms with van der Waals surface area (Å²) in [6.45, 7) is 4.66. The molecule has 1 fully saturated rings. The third-order valence-electron chi connectivity index (χ3n) is 2.89. The molecule has 0 amide bonds. The topological polar surface area (TPSA) is 0 Å². The van der Waals surface area contributed by atoms with E-state index in [1.165, 1.54) is 30.1 Å². The second-order valence-electron chi connectivity index (χ2n) is 4.22. The Labute approximate surface area is 84.3 Å². The van der Waals surface area contributed by atoms with Crippen LogP contribution >= 0.6 is 22.6 Å². The fourth-order valence-electron chi connectivity index (χ4n) is 1.77. The fourth-order valence-corrected chi connectivity index (χ4v) is 2.93. The number of hydrogen-bond acceptors (Lipinski definition) is 0. The maximum absolute atomic E-state index is 2.54. The molecule has 0 aromatic carbocycles. The van der Waals surface area contributed by atoms with Gasteiger partial charge in [0.05, 0.1) is 0 Å². The van der Waals surface area contributed by atoms with E-state index in [1.807, 2.05) is 0 Å². The lowest BCUT2D eigenvalue weighted by atomic mass is 9.72. The lowest BCUT2D eigenvalue weighted by molar-refractivity contribution is 0.181. The minimum absolute atomic E-state index is 0.908. The molecule has 0 N–H and O–H groups in total. The zero-order valence-electron chi connectivity index (χ0n) is 7.65. The molecule has 1 aliphatic rings. The standard InChI is InChI=1S/C10H19I/c1-8(2)3-4-9-5-6-10(9)7-11/h8-10H,3-7H2,1-2H3/t9-,10-/m1/s1. The molecule has 1 saturated carbocycles. The lowest BCUT2D eigenvalue weighted by Crippen LogP contribution is -2.27. The van der Waals surface area contributed by atoms with Crippen molar-refractivity contribution in [1.29, 1.82) is 0 Å². The van der Waals surface area contributed by atoms with E-state index < -0.39 is 0 Å². The molecule has 0 aliphatic heterocycles. The molecule has 0 aromatic heterocycles. The normalized spacial score (nSPS) is 30.5. The zero-order valence-corrected chi connectivity index (χ0v) is 9.80. The van der Waals surface area contributed by atoms with Gasteiger partial charge in [0.15, 0.2) is 0 Å². The third kappa shape index (κ3) is 2.92. The number of rotatable bonds is 4. The smallest absolute Gasteiger partial charge is 0.00263 e. The first-order valence-corrected chi connectivity index (χ1v) is 6.32. The molecule has 1 heteroatoms. The summed E-state index contributed by atoms with van der Waals surface area (Å²) < 4.78 is 1.39. The van der Waals surface area contributed by atoms with E-state index in [4.69, 9.17) is 0 Å². The van der Waals surface area contributed by atoms with Crippen LogP contribution in [0.25, 0.3) is 0 Å². The number of hydrogen-bond donors (Lipinski definition) is 0. The highest BCUT2D eigenvalue weighted by molar-refractivity contribution is 14.1. The van der Waals surface area contributed by atoms with Crippen LogP contribution in [0.3, 0.4) is 0 Å². The predicted molar refractivity (Wildman–Crippen MR) is 59.2 cm³/mol. The Kier molecular flexibility index (Phi) is 4.18. The van der Waals surface area contributed by atoms with Crippen molar-refractivity contribution in [3.05, 3.63) is 0 Å².